The number of aromatic hydroxyl groups is 1. The molecule has 0 amide bonds. The molecule has 9 nitrogen and oxygen atoms in total. The summed E-state index contributed by atoms with van der Waals surface area (Å²) in [6, 6.07) is 9.84. The standard InChI is InChI=1S/C20H24O9/c1-26-12-5-11(6-13(8-12)27-2)10-3-4-14(22)15(7-10)28-20-19(25)18(24)17(23)16(9-21)29-20/h3-8,16-25H,9H2,1-2H3. The van der Waals surface area contributed by atoms with Gasteiger partial charge in [0, 0.05) is 6.07 Å². The van der Waals surface area contributed by atoms with Gasteiger partial charge in [0.05, 0.1) is 20.8 Å². The maximum Gasteiger partial charge on any atom is 0.229 e. The van der Waals surface area contributed by atoms with Gasteiger partial charge in [-0.2, -0.15) is 0 Å². The van der Waals surface area contributed by atoms with Crippen LogP contribution in [0.15, 0.2) is 36.4 Å². The quantitative estimate of drug-likeness (QED) is 0.455. The predicted molar refractivity (Wildman–Crippen MR) is 101 cm³/mol. The van der Waals surface area contributed by atoms with Crippen LogP contribution in [0, 0.1) is 0 Å². The van der Waals surface area contributed by atoms with E-state index in [4.69, 9.17) is 18.9 Å². The first-order valence-corrected chi connectivity index (χ1v) is 8.91. The van der Waals surface area contributed by atoms with Gasteiger partial charge in [-0.05, 0) is 35.4 Å². The molecular formula is C20H24O9. The van der Waals surface area contributed by atoms with Crippen molar-refractivity contribution < 1.29 is 44.5 Å². The molecule has 5 unspecified atom stereocenters. The Morgan fingerprint density at radius 3 is 2.10 bits per heavy atom. The summed E-state index contributed by atoms with van der Waals surface area (Å²) in [5, 5.41) is 49.4. The van der Waals surface area contributed by atoms with Crippen molar-refractivity contribution >= 4 is 0 Å². The van der Waals surface area contributed by atoms with Crippen molar-refractivity contribution in [3.05, 3.63) is 36.4 Å². The summed E-state index contributed by atoms with van der Waals surface area (Å²) in [6.45, 7) is -0.583. The van der Waals surface area contributed by atoms with E-state index in [1.54, 1.807) is 24.3 Å². The number of aliphatic hydroxyl groups excluding tert-OH is 4. The Morgan fingerprint density at radius 1 is 0.862 bits per heavy atom. The van der Waals surface area contributed by atoms with Gasteiger partial charge in [-0.3, -0.25) is 0 Å². The first-order valence-electron chi connectivity index (χ1n) is 8.91. The summed E-state index contributed by atoms with van der Waals surface area (Å²) in [5.41, 5.74) is 1.37. The molecule has 1 heterocycles. The van der Waals surface area contributed by atoms with Gasteiger partial charge in [0.2, 0.25) is 6.29 Å². The molecule has 0 aliphatic carbocycles. The van der Waals surface area contributed by atoms with E-state index in [0.717, 1.165) is 5.56 Å². The molecule has 9 heteroatoms. The van der Waals surface area contributed by atoms with Crippen molar-refractivity contribution in [2.75, 3.05) is 20.8 Å². The van der Waals surface area contributed by atoms with Crippen molar-refractivity contribution in [3.8, 4) is 34.1 Å². The molecule has 2 aromatic rings. The molecule has 1 fully saturated rings. The summed E-state index contributed by atoms with van der Waals surface area (Å²) in [6.07, 6.45) is -7.21. The molecule has 0 radical (unpaired) electrons. The molecule has 1 aliphatic rings. The van der Waals surface area contributed by atoms with Crippen LogP contribution in [0.3, 0.4) is 0 Å². The fourth-order valence-electron chi connectivity index (χ4n) is 3.05. The second-order valence-electron chi connectivity index (χ2n) is 6.60. The summed E-state index contributed by atoms with van der Waals surface area (Å²) >= 11 is 0. The Labute approximate surface area is 167 Å². The fourth-order valence-corrected chi connectivity index (χ4v) is 3.05. The molecule has 0 aromatic heterocycles. The van der Waals surface area contributed by atoms with Gasteiger partial charge in [-0.15, -0.1) is 0 Å². The minimum absolute atomic E-state index is 0.0198. The van der Waals surface area contributed by atoms with Gasteiger partial charge < -0.3 is 44.5 Å². The van der Waals surface area contributed by atoms with E-state index >= 15 is 0 Å². The van der Waals surface area contributed by atoms with E-state index in [-0.39, 0.29) is 11.5 Å². The number of rotatable bonds is 6. The molecular weight excluding hydrogens is 384 g/mol. The third-order valence-corrected chi connectivity index (χ3v) is 4.74. The predicted octanol–water partition coefficient (Wildman–Crippen LogP) is 0.255. The molecule has 158 valence electrons. The molecule has 1 aliphatic heterocycles. The van der Waals surface area contributed by atoms with Gasteiger partial charge >= 0.3 is 0 Å². The number of benzene rings is 2. The normalized spacial score (nSPS) is 26.8. The van der Waals surface area contributed by atoms with Crippen LogP contribution in [0.4, 0.5) is 0 Å². The number of ether oxygens (including phenoxy) is 4. The lowest BCUT2D eigenvalue weighted by Gasteiger charge is -2.39. The molecule has 3 rings (SSSR count). The highest BCUT2D eigenvalue weighted by molar-refractivity contribution is 5.70. The molecule has 2 aromatic carbocycles. The molecule has 5 atom stereocenters. The molecule has 0 saturated carbocycles. The average Bonchev–Trinajstić information content (AvgIpc) is 2.74. The van der Waals surface area contributed by atoms with Crippen LogP contribution in [0.25, 0.3) is 11.1 Å². The zero-order valence-corrected chi connectivity index (χ0v) is 15.9. The molecule has 29 heavy (non-hydrogen) atoms. The lowest BCUT2D eigenvalue weighted by Crippen LogP contribution is -2.60. The van der Waals surface area contributed by atoms with E-state index in [2.05, 4.69) is 0 Å². The van der Waals surface area contributed by atoms with E-state index in [1.165, 1.54) is 26.4 Å². The summed E-state index contributed by atoms with van der Waals surface area (Å²) in [4.78, 5) is 0. The smallest absolute Gasteiger partial charge is 0.229 e. The lowest BCUT2D eigenvalue weighted by molar-refractivity contribution is -0.277. The van der Waals surface area contributed by atoms with Crippen LogP contribution >= 0.6 is 0 Å². The summed E-state index contributed by atoms with van der Waals surface area (Å²) in [5.74, 6) is 0.904. The molecule has 0 bridgehead atoms. The average molecular weight is 408 g/mol. The second kappa shape index (κ2) is 8.85. The van der Waals surface area contributed by atoms with Crippen LogP contribution < -0.4 is 14.2 Å². The second-order valence-corrected chi connectivity index (χ2v) is 6.60. The minimum Gasteiger partial charge on any atom is -0.504 e. The highest BCUT2D eigenvalue weighted by Gasteiger charge is 2.44. The van der Waals surface area contributed by atoms with Crippen LogP contribution in [-0.2, 0) is 4.74 Å². The van der Waals surface area contributed by atoms with Gasteiger partial charge in [0.1, 0.15) is 35.9 Å². The van der Waals surface area contributed by atoms with E-state index in [9.17, 15) is 25.5 Å². The van der Waals surface area contributed by atoms with Gasteiger partial charge in [0.25, 0.3) is 0 Å². The highest BCUT2D eigenvalue weighted by Crippen LogP contribution is 2.36. The Kier molecular flexibility index (Phi) is 6.46. The SMILES string of the molecule is COc1cc(OC)cc(-c2ccc(O)c(OC3OC(CO)C(O)C(O)C3O)c2)c1. The van der Waals surface area contributed by atoms with E-state index < -0.39 is 37.3 Å². The monoisotopic (exact) mass is 408 g/mol. The summed E-state index contributed by atoms with van der Waals surface area (Å²) < 4.78 is 21.4. The minimum atomic E-state index is -1.59. The first-order chi connectivity index (χ1) is 13.9. The molecule has 0 spiro atoms. The zero-order chi connectivity index (χ0) is 21.1. The summed E-state index contributed by atoms with van der Waals surface area (Å²) in [7, 11) is 3.06. The first kappa shape index (κ1) is 21.2. The van der Waals surface area contributed by atoms with Crippen LogP contribution in [0.1, 0.15) is 0 Å². The van der Waals surface area contributed by atoms with E-state index in [1.807, 2.05) is 0 Å². The maximum atomic E-state index is 10.2. The fraction of sp³-hybridized carbons (Fsp3) is 0.400. The van der Waals surface area contributed by atoms with Gasteiger partial charge in [-0.25, -0.2) is 0 Å². The topological polar surface area (TPSA) is 138 Å². The van der Waals surface area contributed by atoms with Crippen molar-refractivity contribution in [3.63, 3.8) is 0 Å². The number of aliphatic hydroxyl groups is 4. The number of phenols is 1. The van der Waals surface area contributed by atoms with Crippen LogP contribution in [0.2, 0.25) is 0 Å². The van der Waals surface area contributed by atoms with Crippen molar-refractivity contribution in [2.45, 2.75) is 30.7 Å². The van der Waals surface area contributed by atoms with Crippen molar-refractivity contribution in [2.24, 2.45) is 0 Å². The largest absolute Gasteiger partial charge is 0.504 e. The Balaban J connectivity index is 1.90. The van der Waals surface area contributed by atoms with Crippen molar-refractivity contribution in [1.82, 2.24) is 0 Å². The Morgan fingerprint density at radius 2 is 1.52 bits per heavy atom. The number of methoxy groups -OCH3 is 2. The Hall–Kier alpha value is -2.56. The van der Waals surface area contributed by atoms with Crippen LogP contribution in [-0.4, -0.2) is 77.1 Å². The lowest BCUT2D eigenvalue weighted by atomic mass is 9.99. The maximum absolute atomic E-state index is 10.2. The number of hydrogen-bond acceptors (Lipinski definition) is 9. The van der Waals surface area contributed by atoms with Gasteiger partial charge in [-0.1, -0.05) is 6.07 Å². The van der Waals surface area contributed by atoms with Crippen LogP contribution in [0.5, 0.6) is 23.0 Å². The third-order valence-electron chi connectivity index (χ3n) is 4.74. The highest BCUT2D eigenvalue weighted by atomic mass is 16.7. The van der Waals surface area contributed by atoms with Gasteiger partial charge in [0.15, 0.2) is 11.5 Å². The Bertz CT molecular complexity index is 816. The number of hydrogen-bond donors (Lipinski definition) is 5. The number of phenolic OH excluding ortho intramolecular Hbond substituents is 1. The molecule has 5 N–H and O–H groups in total. The van der Waals surface area contributed by atoms with Crippen molar-refractivity contribution in [1.29, 1.82) is 0 Å². The third kappa shape index (κ3) is 4.39. The van der Waals surface area contributed by atoms with E-state index in [0.29, 0.717) is 17.1 Å². The zero-order valence-electron chi connectivity index (χ0n) is 15.9. The molecule has 1 saturated heterocycles.